The molecule has 6 nitrogen and oxygen atoms in total. The molecule has 2 rings (SSSR count). The van der Waals surface area contributed by atoms with Gasteiger partial charge in [-0.15, -0.1) is 0 Å². The van der Waals surface area contributed by atoms with E-state index in [-0.39, 0.29) is 6.04 Å². The number of piperazine rings is 1. The topological polar surface area (TPSA) is 62.2 Å². The van der Waals surface area contributed by atoms with E-state index in [1.54, 1.807) is 7.11 Å². The maximum atomic E-state index is 11.1. The molecule has 1 heterocycles. The molecule has 1 aliphatic heterocycles. The number of carboxylic acid groups (broad SMARTS) is 1. The van der Waals surface area contributed by atoms with E-state index in [9.17, 15) is 4.79 Å². The molecular weight excluding hydrogens is 272 g/mol. The summed E-state index contributed by atoms with van der Waals surface area (Å²) in [5, 5.41) is 9.09. The number of benzene rings is 1. The van der Waals surface area contributed by atoms with Crippen molar-refractivity contribution in [2.24, 2.45) is 0 Å². The summed E-state index contributed by atoms with van der Waals surface area (Å²) in [6.07, 6.45) is -0.843. The van der Waals surface area contributed by atoms with Crippen molar-refractivity contribution >= 4 is 11.8 Å². The molecule has 21 heavy (non-hydrogen) atoms. The van der Waals surface area contributed by atoms with Crippen molar-refractivity contribution in [3.05, 3.63) is 24.3 Å². The summed E-state index contributed by atoms with van der Waals surface area (Å²) in [7, 11) is 1.64. The zero-order chi connectivity index (χ0) is 15.2. The first kappa shape index (κ1) is 15.4. The summed E-state index contributed by atoms with van der Waals surface area (Å²) in [4.78, 5) is 14.7. The highest BCUT2D eigenvalue weighted by Gasteiger charge is 2.27. The van der Waals surface area contributed by atoms with Crippen LogP contribution in [0.25, 0.3) is 0 Å². The van der Waals surface area contributed by atoms with Crippen LogP contribution in [0.5, 0.6) is 5.75 Å². The van der Waals surface area contributed by atoms with Gasteiger partial charge in [-0.05, 0) is 31.2 Å². The molecule has 0 aliphatic carbocycles. The highest BCUT2D eigenvalue weighted by Crippen LogP contribution is 2.22. The van der Waals surface area contributed by atoms with Gasteiger partial charge < -0.3 is 24.4 Å². The number of amides is 1. The lowest BCUT2D eigenvalue weighted by molar-refractivity contribution is 0.122. The standard InChI is InChI=1S/C15H22N2O4/c1-12-11-16(7-8-17(12)15(18)19)13-3-5-14(6-4-13)21-10-9-20-2/h3-6,12H,7-11H2,1-2H3,(H,18,19). The van der Waals surface area contributed by atoms with Gasteiger partial charge >= 0.3 is 6.09 Å². The van der Waals surface area contributed by atoms with Crippen LogP contribution in [0.4, 0.5) is 10.5 Å². The third-order valence-electron chi connectivity index (χ3n) is 3.63. The van der Waals surface area contributed by atoms with Gasteiger partial charge in [-0.1, -0.05) is 0 Å². The second-order valence-electron chi connectivity index (χ2n) is 5.11. The Balaban J connectivity index is 1.92. The molecule has 6 heteroatoms. The van der Waals surface area contributed by atoms with Crippen molar-refractivity contribution in [1.82, 2.24) is 4.90 Å². The van der Waals surface area contributed by atoms with E-state index in [1.807, 2.05) is 31.2 Å². The number of nitrogens with zero attached hydrogens (tertiary/aromatic N) is 2. The van der Waals surface area contributed by atoms with Crippen molar-refractivity contribution in [3.63, 3.8) is 0 Å². The predicted molar refractivity (Wildman–Crippen MR) is 80.2 cm³/mol. The fourth-order valence-electron chi connectivity index (χ4n) is 2.47. The highest BCUT2D eigenvalue weighted by molar-refractivity contribution is 5.66. The van der Waals surface area contributed by atoms with Crippen LogP contribution in [0.1, 0.15) is 6.92 Å². The minimum Gasteiger partial charge on any atom is -0.491 e. The van der Waals surface area contributed by atoms with E-state index in [2.05, 4.69) is 4.90 Å². The second kappa shape index (κ2) is 7.17. The number of carbonyl (C=O) groups is 1. The number of hydrogen-bond donors (Lipinski definition) is 1. The summed E-state index contributed by atoms with van der Waals surface area (Å²) >= 11 is 0. The van der Waals surface area contributed by atoms with Crippen molar-refractivity contribution in [1.29, 1.82) is 0 Å². The van der Waals surface area contributed by atoms with E-state index in [0.717, 1.165) is 11.4 Å². The lowest BCUT2D eigenvalue weighted by Crippen LogP contribution is -2.53. The molecule has 0 aromatic heterocycles. The van der Waals surface area contributed by atoms with Gasteiger partial charge in [0, 0.05) is 38.5 Å². The van der Waals surface area contributed by atoms with Gasteiger partial charge in [-0.3, -0.25) is 0 Å². The van der Waals surface area contributed by atoms with E-state index in [4.69, 9.17) is 14.6 Å². The van der Waals surface area contributed by atoms with Crippen LogP contribution in [0, 0.1) is 0 Å². The molecule has 1 saturated heterocycles. The van der Waals surface area contributed by atoms with Crippen molar-refractivity contribution < 1.29 is 19.4 Å². The maximum Gasteiger partial charge on any atom is 0.407 e. The SMILES string of the molecule is COCCOc1ccc(N2CCN(C(=O)O)C(C)C2)cc1. The molecule has 1 aromatic rings. The molecule has 116 valence electrons. The molecule has 1 amide bonds. The molecule has 1 fully saturated rings. The van der Waals surface area contributed by atoms with Gasteiger partial charge in [0.05, 0.1) is 6.61 Å². The average molecular weight is 294 g/mol. The number of methoxy groups -OCH3 is 1. The van der Waals surface area contributed by atoms with Gasteiger partial charge in [-0.25, -0.2) is 4.79 Å². The Bertz CT molecular complexity index is 463. The molecule has 0 saturated carbocycles. The van der Waals surface area contributed by atoms with E-state index in [0.29, 0.717) is 32.8 Å². The molecule has 0 radical (unpaired) electrons. The van der Waals surface area contributed by atoms with Gasteiger partial charge in [0.15, 0.2) is 0 Å². The molecular formula is C15H22N2O4. The van der Waals surface area contributed by atoms with Crippen LogP contribution in [-0.2, 0) is 4.74 Å². The second-order valence-corrected chi connectivity index (χ2v) is 5.11. The number of hydrogen-bond acceptors (Lipinski definition) is 4. The number of rotatable bonds is 5. The molecule has 0 bridgehead atoms. The van der Waals surface area contributed by atoms with Crippen LogP contribution in [0.15, 0.2) is 24.3 Å². The number of anilines is 1. The first-order chi connectivity index (χ1) is 10.1. The third-order valence-corrected chi connectivity index (χ3v) is 3.63. The number of ether oxygens (including phenoxy) is 2. The molecule has 1 N–H and O–H groups in total. The first-order valence-corrected chi connectivity index (χ1v) is 7.08. The minimum atomic E-state index is -0.843. The first-order valence-electron chi connectivity index (χ1n) is 7.08. The van der Waals surface area contributed by atoms with Crippen LogP contribution in [-0.4, -0.2) is 62.1 Å². The third kappa shape index (κ3) is 4.01. The van der Waals surface area contributed by atoms with Gasteiger partial charge in [-0.2, -0.15) is 0 Å². The Labute approximate surface area is 124 Å². The zero-order valence-corrected chi connectivity index (χ0v) is 12.5. The Morgan fingerprint density at radius 1 is 1.29 bits per heavy atom. The fourth-order valence-corrected chi connectivity index (χ4v) is 2.47. The molecule has 1 aliphatic rings. The fraction of sp³-hybridized carbons (Fsp3) is 0.533. The minimum absolute atomic E-state index is 0.00567. The Kier molecular flexibility index (Phi) is 5.27. The Morgan fingerprint density at radius 2 is 2.00 bits per heavy atom. The van der Waals surface area contributed by atoms with Gasteiger partial charge in [0.2, 0.25) is 0 Å². The molecule has 1 aromatic carbocycles. The van der Waals surface area contributed by atoms with E-state index < -0.39 is 6.09 Å². The van der Waals surface area contributed by atoms with Crippen LogP contribution in [0.2, 0.25) is 0 Å². The summed E-state index contributed by atoms with van der Waals surface area (Å²) in [5.41, 5.74) is 1.09. The lowest BCUT2D eigenvalue weighted by Gasteiger charge is -2.39. The Morgan fingerprint density at radius 3 is 2.57 bits per heavy atom. The molecule has 0 spiro atoms. The van der Waals surface area contributed by atoms with E-state index in [1.165, 1.54) is 4.90 Å². The molecule has 1 unspecified atom stereocenters. The van der Waals surface area contributed by atoms with Crippen LogP contribution < -0.4 is 9.64 Å². The normalized spacial score (nSPS) is 18.7. The quantitative estimate of drug-likeness (QED) is 0.840. The van der Waals surface area contributed by atoms with Crippen LogP contribution >= 0.6 is 0 Å². The maximum absolute atomic E-state index is 11.1. The van der Waals surface area contributed by atoms with Gasteiger partial charge in [0.1, 0.15) is 12.4 Å². The summed E-state index contributed by atoms with van der Waals surface area (Å²) in [5.74, 6) is 0.813. The summed E-state index contributed by atoms with van der Waals surface area (Å²) in [6.45, 7) is 4.97. The van der Waals surface area contributed by atoms with E-state index >= 15 is 0 Å². The van der Waals surface area contributed by atoms with Crippen molar-refractivity contribution in [2.45, 2.75) is 13.0 Å². The molecule has 1 atom stereocenters. The predicted octanol–water partition coefficient (Wildman–Crippen LogP) is 1.90. The highest BCUT2D eigenvalue weighted by atomic mass is 16.5. The smallest absolute Gasteiger partial charge is 0.407 e. The van der Waals surface area contributed by atoms with Gasteiger partial charge in [0.25, 0.3) is 0 Å². The monoisotopic (exact) mass is 294 g/mol. The summed E-state index contributed by atoms with van der Waals surface area (Å²) < 4.78 is 10.5. The van der Waals surface area contributed by atoms with Crippen LogP contribution in [0.3, 0.4) is 0 Å². The summed E-state index contributed by atoms with van der Waals surface area (Å²) in [6, 6.07) is 7.86. The van der Waals surface area contributed by atoms with Crippen molar-refractivity contribution in [3.8, 4) is 5.75 Å². The van der Waals surface area contributed by atoms with Crippen molar-refractivity contribution in [2.75, 3.05) is 44.9 Å². The zero-order valence-electron chi connectivity index (χ0n) is 12.5. The lowest BCUT2D eigenvalue weighted by atomic mass is 10.1. The Hall–Kier alpha value is -1.95. The largest absolute Gasteiger partial charge is 0.491 e. The average Bonchev–Trinajstić information content (AvgIpc) is 2.48.